The highest BCUT2D eigenvalue weighted by molar-refractivity contribution is 6.31. The lowest BCUT2D eigenvalue weighted by Gasteiger charge is -2.33. The zero-order valence-corrected chi connectivity index (χ0v) is 32.7. The van der Waals surface area contributed by atoms with Gasteiger partial charge in [-0.25, -0.2) is 19.9 Å². The van der Waals surface area contributed by atoms with Gasteiger partial charge < -0.3 is 30.1 Å². The van der Waals surface area contributed by atoms with Crippen molar-refractivity contribution in [2.45, 2.75) is 25.7 Å². The molecule has 0 spiro atoms. The van der Waals surface area contributed by atoms with Gasteiger partial charge in [0.2, 0.25) is 0 Å². The third kappa shape index (κ3) is 10.7. The highest BCUT2D eigenvalue weighted by Crippen LogP contribution is 2.26. The number of aromatic nitrogens is 6. The number of nitrogens with zero attached hydrogens (tertiary/aromatic N) is 9. The number of fused-ring (bicyclic) bond motifs is 2. The second-order valence-electron chi connectivity index (χ2n) is 13.7. The molecule has 14 heteroatoms. The summed E-state index contributed by atoms with van der Waals surface area (Å²) >= 11 is 12.1. The van der Waals surface area contributed by atoms with E-state index >= 15 is 0 Å². The van der Waals surface area contributed by atoms with Crippen LogP contribution in [0.5, 0.6) is 0 Å². The number of nitrogens with one attached hydrogen (secondary N) is 2. The van der Waals surface area contributed by atoms with Gasteiger partial charge in [0.1, 0.15) is 23.3 Å². The number of halogens is 2. The molecule has 0 atom stereocenters. The van der Waals surface area contributed by atoms with Gasteiger partial charge in [-0.3, -0.25) is 9.97 Å². The molecular formula is C41H47Cl2N11O. The van der Waals surface area contributed by atoms with Crippen LogP contribution in [0.25, 0.3) is 21.8 Å². The van der Waals surface area contributed by atoms with Crippen LogP contribution in [-0.2, 0) is 17.6 Å². The minimum absolute atomic E-state index is 0.699. The van der Waals surface area contributed by atoms with Gasteiger partial charge >= 0.3 is 0 Å². The van der Waals surface area contributed by atoms with Crippen LogP contribution in [0, 0.1) is 0 Å². The van der Waals surface area contributed by atoms with E-state index in [0.29, 0.717) is 10.0 Å². The first-order chi connectivity index (χ1) is 27.0. The van der Waals surface area contributed by atoms with Crippen molar-refractivity contribution >= 4 is 68.0 Å². The van der Waals surface area contributed by atoms with Gasteiger partial charge in [-0.1, -0.05) is 23.2 Å². The average molecular weight is 781 g/mol. The van der Waals surface area contributed by atoms with Crippen molar-refractivity contribution in [1.82, 2.24) is 34.8 Å². The number of rotatable bonds is 12. The molecule has 6 aromatic rings. The maximum absolute atomic E-state index is 6.06. The standard InChI is InChI=1S/C21H25ClN6.C20H22ClN5O/c1-27-11-13-28(14-12-27)21-7-10-25-20(26-21)3-2-8-23-18-6-9-24-19-15-16(22)4-5-17(18)19;21-15-3-4-16-17(5-8-23-18(16)14-15)22-7-1-2-19-24-9-6-20(25-19)26-10-12-27-13-11-26/h4-7,9-10,15H,2-3,8,11-14H2,1H3,(H,23,24);3-6,8-9,14H,1-2,7,10-13H2,(H,22,23). The molecule has 4 aromatic heterocycles. The largest absolute Gasteiger partial charge is 0.384 e. The lowest BCUT2D eigenvalue weighted by molar-refractivity contribution is 0.122. The summed E-state index contributed by atoms with van der Waals surface area (Å²) in [4.78, 5) is 34.1. The normalized spacial score (nSPS) is 14.8. The fourth-order valence-electron chi connectivity index (χ4n) is 6.69. The molecule has 8 rings (SSSR count). The van der Waals surface area contributed by atoms with Gasteiger partial charge in [0.25, 0.3) is 0 Å². The van der Waals surface area contributed by atoms with Crippen LogP contribution in [0.1, 0.15) is 24.5 Å². The molecule has 55 heavy (non-hydrogen) atoms. The number of piperazine rings is 1. The van der Waals surface area contributed by atoms with Crippen molar-refractivity contribution in [2.24, 2.45) is 0 Å². The van der Waals surface area contributed by atoms with E-state index in [4.69, 9.17) is 37.9 Å². The van der Waals surface area contributed by atoms with Gasteiger partial charge in [0.05, 0.1) is 24.2 Å². The molecule has 2 fully saturated rings. The van der Waals surface area contributed by atoms with Crippen LogP contribution < -0.4 is 20.4 Å². The SMILES string of the molecule is CN1CCN(c2ccnc(CCCNc3ccnc4cc(Cl)ccc34)n2)CC1.Clc1ccc2c(NCCCc3nccc(N4CCOCC4)n3)ccnc2c1. The molecule has 2 aliphatic rings. The minimum atomic E-state index is 0.699. The summed E-state index contributed by atoms with van der Waals surface area (Å²) in [6, 6.07) is 19.6. The zero-order valence-electron chi connectivity index (χ0n) is 31.2. The van der Waals surface area contributed by atoms with Crippen LogP contribution in [0.2, 0.25) is 10.0 Å². The van der Waals surface area contributed by atoms with Crippen LogP contribution in [0.3, 0.4) is 0 Å². The number of pyridine rings is 2. The van der Waals surface area contributed by atoms with E-state index in [-0.39, 0.29) is 0 Å². The van der Waals surface area contributed by atoms with Crippen molar-refractivity contribution in [3.05, 3.63) is 107 Å². The lowest BCUT2D eigenvalue weighted by Crippen LogP contribution is -2.44. The highest BCUT2D eigenvalue weighted by atomic mass is 35.5. The van der Waals surface area contributed by atoms with Crippen LogP contribution >= 0.6 is 23.2 Å². The number of hydrogen-bond donors (Lipinski definition) is 2. The topological polar surface area (TPSA) is 120 Å². The Morgan fingerprint density at radius 3 is 1.56 bits per heavy atom. The molecule has 0 saturated carbocycles. The number of likely N-dealkylation sites (N-methyl/N-ethyl adjacent to an activating group) is 1. The van der Waals surface area contributed by atoms with E-state index in [1.807, 2.05) is 79.3 Å². The van der Waals surface area contributed by atoms with Crippen LogP contribution in [-0.4, -0.2) is 107 Å². The molecule has 2 N–H and O–H groups in total. The average Bonchev–Trinajstić information content (AvgIpc) is 3.22. The van der Waals surface area contributed by atoms with E-state index in [0.717, 1.165) is 148 Å². The molecule has 12 nitrogen and oxygen atoms in total. The highest BCUT2D eigenvalue weighted by Gasteiger charge is 2.16. The number of benzene rings is 2. The fraction of sp³-hybridized carbons (Fsp3) is 0.366. The number of aryl methyl sites for hydroxylation is 2. The number of morpholine rings is 1. The first kappa shape index (κ1) is 38.4. The number of ether oxygens (including phenoxy) is 1. The van der Waals surface area contributed by atoms with Gasteiger partial charge in [-0.15, -0.1) is 0 Å². The molecule has 286 valence electrons. The third-order valence-corrected chi connectivity index (χ3v) is 10.2. The minimum Gasteiger partial charge on any atom is -0.384 e. The molecule has 6 heterocycles. The van der Waals surface area contributed by atoms with Crippen LogP contribution in [0.4, 0.5) is 23.0 Å². The maximum atomic E-state index is 6.06. The van der Waals surface area contributed by atoms with Crippen molar-refractivity contribution in [3.63, 3.8) is 0 Å². The molecule has 0 radical (unpaired) electrons. The van der Waals surface area contributed by atoms with E-state index in [1.165, 1.54) is 0 Å². The molecule has 0 bridgehead atoms. The van der Waals surface area contributed by atoms with Crippen molar-refractivity contribution in [3.8, 4) is 0 Å². The second-order valence-corrected chi connectivity index (χ2v) is 14.5. The van der Waals surface area contributed by atoms with Gasteiger partial charge in [0, 0.05) is 122 Å². The Labute approximate surface area is 332 Å². The molecule has 0 aliphatic carbocycles. The Morgan fingerprint density at radius 1 is 0.582 bits per heavy atom. The quantitative estimate of drug-likeness (QED) is 0.124. The van der Waals surface area contributed by atoms with Crippen molar-refractivity contribution in [1.29, 1.82) is 0 Å². The Morgan fingerprint density at radius 2 is 1.05 bits per heavy atom. The summed E-state index contributed by atoms with van der Waals surface area (Å²) in [5.41, 5.74) is 3.95. The zero-order chi connectivity index (χ0) is 37.8. The summed E-state index contributed by atoms with van der Waals surface area (Å²) < 4.78 is 5.40. The summed E-state index contributed by atoms with van der Waals surface area (Å²) in [5.74, 6) is 3.83. The number of hydrogen-bond acceptors (Lipinski definition) is 12. The van der Waals surface area contributed by atoms with Gasteiger partial charge in [-0.05, 0) is 80.6 Å². The van der Waals surface area contributed by atoms with Gasteiger partial charge in [-0.2, -0.15) is 0 Å². The molecule has 0 unspecified atom stereocenters. The summed E-state index contributed by atoms with van der Waals surface area (Å²) in [5, 5.41) is 10.6. The van der Waals surface area contributed by atoms with E-state index in [9.17, 15) is 0 Å². The number of anilines is 4. The van der Waals surface area contributed by atoms with E-state index in [1.54, 1.807) is 6.20 Å². The Balaban J connectivity index is 0.000000169. The fourth-order valence-corrected chi connectivity index (χ4v) is 7.02. The maximum Gasteiger partial charge on any atom is 0.132 e. The van der Waals surface area contributed by atoms with E-state index < -0.39 is 0 Å². The van der Waals surface area contributed by atoms with Crippen molar-refractivity contribution in [2.75, 3.05) is 93.1 Å². The predicted molar refractivity (Wildman–Crippen MR) is 224 cm³/mol. The summed E-state index contributed by atoms with van der Waals surface area (Å²) in [6.07, 6.45) is 10.9. The Hall–Kier alpha value is -4.88. The third-order valence-electron chi connectivity index (χ3n) is 9.74. The first-order valence-corrected chi connectivity index (χ1v) is 19.7. The smallest absolute Gasteiger partial charge is 0.132 e. The molecular weight excluding hydrogens is 733 g/mol. The molecule has 2 aromatic carbocycles. The second kappa shape index (κ2) is 19.1. The van der Waals surface area contributed by atoms with Crippen molar-refractivity contribution < 1.29 is 4.74 Å². The monoisotopic (exact) mass is 779 g/mol. The predicted octanol–water partition coefficient (Wildman–Crippen LogP) is 7.03. The molecule has 2 aliphatic heterocycles. The summed E-state index contributed by atoms with van der Waals surface area (Å²) in [7, 11) is 2.16. The molecule has 0 amide bonds. The van der Waals surface area contributed by atoms with Crippen LogP contribution in [0.15, 0.2) is 85.5 Å². The lowest BCUT2D eigenvalue weighted by atomic mass is 10.2. The Bertz CT molecular complexity index is 2160. The molecule has 2 saturated heterocycles. The first-order valence-electron chi connectivity index (χ1n) is 18.9. The summed E-state index contributed by atoms with van der Waals surface area (Å²) in [6.45, 7) is 9.18. The van der Waals surface area contributed by atoms with Gasteiger partial charge in [0.15, 0.2) is 0 Å². The Kier molecular flexibility index (Phi) is 13.4. The van der Waals surface area contributed by atoms with E-state index in [2.05, 4.69) is 52.3 Å².